The molecule has 19 heavy (non-hydrogen) atoms. The molecule has 102 valence electrons. The van der Waals surface area contributed by atoms with Crippen molar-refractivity contribution in [3.63, 3.8) is 0 Å². The quantitative estimate of drug-likeness (QED) is 0.882. The van der Waals surface area contributed by atoms with Crippen molar-refractivity contribution in [1.29, 1.82) is 0 Å². The molecule has 0 atom stereocenters. The monoisotopic (exact) mass is 277 g/mol. The van der Waals surface area contributed by atoms with Gasteiger partial charge in [-0.25, -0.2) is 4.98 Å². The van der Waals surface area contributed by atoms with Gasteiger partial charge in [-0.2, -0.15) is 0 Å². The highest BCUT2D eigenvalue weighted by atomic mass is 32.1. The molecule has 1 aromatic carbocycles. The van der Waals surface area contributed by atoms with Crippen molar-refractivity contribution in [3.05, 3.63) is 35.3 Å². The van der Waals surface area contributed by atoms with E-state index >= 15 is 0 Å². The number of hydrogen-bond donors (Lipinski definition) is 1. The first kappa shape index (κ1) is 13.8. The van der Waals surface area contributed by atoms with Gasteiger partial charge in [-0.05, 0) is 32.0 Å². The van der Waals surface area contributed by atoms with Gasteiger partial charge in [0, 0.05) is 23.7 Å². The molecule has 0 amide bonds. The fourth-order valence-corrected chi connectivity index (χ4v) is 2.68. The van der Waals surface area contributed by atoms with Crippen molar-refractivity contribution in [2.24, 2.45) is 5.73 Å². The molecule has 0 fully saturated rings. The third kappa shape index (κ3) is 3.45. The number of methoxy groups -OCH3 is 1. The van der Waals surface area contributed by atoms with E-state index in [1.54, 1.807) is 18.4 Å². The van der Waals surface area contributed by atoms with Crippen LogP contribution in [0.3, 0.4) is 0 Å². The van der Waals surface area contributed by atoms with Crippen LogP contribution < -0.4 is 15.4 Å². The summed E-state index contributed by atoms with van der Waals surface area (Å²) in [6.07, 6.45) is 0.926. The molecule has 2 aromatic rings. The number of anilines is 2. The standard InChI is InChI=1S/C14H19N3OS/c1-11-10-19-14(16-11)17(8-4-7-15)12-5-3-6-13(9-12)18-2/h3,5-6,9-10H,4,7-8,15H2,1-2H3. The molecular formula is C14H19N3OS. The molecule has 1 aromatic heterocycles. The van der Waals surface area contributed by atoms with Crippen LogP contribution >= 0.6 is 11.3 Å². The Kier molecular flexibility index (Phi) is 4.76. The predicted molar refractivity (Wildman–Crippen MR) is 80.5 cm³/mol. The molecule has 0 aliphatic heterocycles. The van der Waals surface area contributed by atoms with Crippen molar-refractivity contribution >= 4 is 22.2 Å². The van der Waals surface area contributed by atoms with E-state index in [0.29, 0.717) is 6.54 Å². The highest BCUT2D eigenvalue weighted by molar-refractivity contribution is 7.13. The molecule has 1 heterocycles. The van der Waals surface area contributed by atoms with Gasteiger partial charge in [0.05, 0.1) is 12.8 Å². The van der Waals surface area contributed by atoms with Gasteiger partial charge in [-0.15, -0.1) is 11.3 Å². The SMILES string of the molecule is COc1cccc(N(CCCN)c2nc(C)cs2)c1. The molecule has 2 N–H and O–H groups in total. The summed E-state index contributed by atoms with van der Waals surface area (Å²) in [5, 5.41) is 3.06. The lowest BCUT2D eigenvalue weighted by Crippen LogP contribution is -2.20. The number of ether oxygens (including phenoxy) is 1. The molecule has 0 spiro atoms. The highest BCUT2D eigenvalue weighted by Crippen LogP contribution is 2.30. The minimum atomic E-state index is 0.671. The normalized spacial score (nSPS) is 10.5. The smallest absolute Gasteiger partial charge is 0.190 e. The lowest BCUT2D eigenvalue weighted by molar-refractivity contribution is 0.415. The summed E-state index contributed by atoms with van der Waals surface area (Å²) < 4.78 is 5.28. The van der Waals surface area contributed by atoms with Gasteiger partial charge in [0.15, 0.2) is 5.13 Å². The van der Waals surface area contributed by atoms with Gasteiger partial charge in [0.1, 0.15) is 5.75 Å². The molecule has 4 nitrogen and oxygen atoms in total. The summed E-state index contributed by atoms with van der Waals surface area (Å²) in [7, 11) is 1.68. The number of aryl methyl sites for hydroxylation is 1. The first-order chi connectivity index (χ1) is 9.24. The Morgan fingerprint density at radius 2 is 2.26 bits per heavy atom. The highest BCUT2D eigenvalue weighted by Gasteiger charge is 2.12. The maximum Gasteiger partial charge on any atom is 0.190 e. The van der Waals surface area contributed by atoms with Crippen molar-refractivity contribution in [2.45, 2.75) is 13.3 Å². The molecule has 0 radical (unpaired) electrons. The van der Waals surface area contributed by atoms with Crippen LogP contribution in [-0.2, 0) is 0 Å². The topological polar surface area (TPSA) is 51.4 Å². The first-order valence-corrected chi connectivity index (χ1v) is 7.16. The number of rotatable bonds is 6. The molecule has 0 saturated carbocycles. The van der Waals surface area contributed by atoms with Crippen LogP contribution in [0.15, 0.2) is 29.6 Å². The van der Waals surface area contributed by atoms with Gasteiger partial charge in [0.25, 0.3) is 0 Å². The minimum absolute atomic E-state index is 0.671. The van der Waals surface area contributed by atoms with Crippen LogP contribution in [-0.4, -0.2) is 25.2 Å². The fourth-order valence-electron chi connectivity index (χ4n) is 1.83. The maximum absolute atomic E-state index is 5.63. The largest absolute Gasteiger partial charge is 0.497 e. The Labute approximate surface area is 117 Å². The van der Waals surface area contributed by atoms with Gasteiger partial charge in [-0.1, -0.05) is 6.07 Å². The zero-order chi connectivity index (χ0) is 13.7. The summed E-state index contributed by atoms with van der Waals surface area (Å²) in [6.45, 7) is 3.54. The van der Waals surface area contributed by atoms with Gasteiger partial charge in [-0.3, -0.25) is 0 Å². The number of benzene rings is 1. The number of aromatic nitrogens is 1. The van der Waals surface area contributed by atoms with E-state index in [4.69, 9.17) is 10.5 Å². The number of hydrogen-bond acceptors (Lipinski definition) is 5. The number of nitrogens with two attached hydrogens (primary N) is 1. The van der Waals surface area contributed by atoms with E-state index in [0.717, 1.165) is 35.2 Å². The maximum atomic E-state index is 5.63. The average molecular weight is 277 g/mol. The first-order valence-electron chi connectivity index (χ1n) is 6.28. The molecule has 0 saturated heterocycles. The Hall–Kier alpha value is -1.59. The third-order valence-corrected chi connectivity index (χ3v) is 3.77. The van der Waals surface area contributed by atoms with E-state index in [1.165, 1.54) is 0 Å². The second-order valence-electron chi connectivity index (χ2n) is 4.27. The van der Waals surface area contributed by atoms with E-state index in [2.05, 4.69) is 21.3 Å². The van der Waals surface area contributed by atoms with Crippen LogP contribution in [0.2, 0.25) is 0 Å². The zero-order valence-electron chi connectivity index (χ0n) is 11.3. The Morgan fingerprint density at radius 1 is 1.42 bits per heavy atom. The van der Waals surface area contributed by atoms with Crippen molar-refractivity contribution < 1.29 is 4.74 Å². The Bertz CT molecular complexity index is 527. The van der Waals surface area contributed by atoms with Crippen molar-refractivity contribution in [3.8, 4) is 5.75 Å². The van der Waals surface area contributed by atoms with Crippen LogP contribution in [0.25, 0.3) is 0 Å². The summed E-state index contributed by atoms with van der Waals surface area (Å²) in [4.78, 5) is 6.75. The van der Waals surface area contributed by atoms with Crippen molar-refractivity contribution in [1.82, 2.24) is 4.98 Å². The van der Waals surface area contributed by atoms with Gasteiger partial charge < -0.3 is 15.4 Å². The predicted octanol–water partition coefficient (Wildman–Crippen LogP) is 2.95. The van der Waals surface area contributed by atoms with Crippen molar-refractivity contribution in [2.75, 3.05) is 25.1 Å². The Balaban J connectivity index is 2.30. The molecule has 2 rings (SSSR count). The van der Waals surface area contributed by atoms with E-state index in [9.17, 15) is 0 Å². The molecule has 0 aliphatic rings. The van der Waals surface area contributed by atoms with E-state index in [1.807, 2.05) is 25.1 Å². The summed E-state index contributed by atoms with van der Waals surface area (Å²) in [5.74, 6) is 0.850. The molecule has 0 aliphatic carbocycles. The lowest BCUT2D eigenvalue weighted by Gasteiger charge is -2.22. The third-order valence-electron chi connectivity index (χ3n) is 2.79. The van der Waals surface area contributed by atoms with E-state index < -0.39 is 0 Å². The second-order valence-corrected chi connectivity index (χ2v) is 5.10. The summed E-state index contributed by atoms with van der Waals surface area (Å²) in [5.41, 5.74) is 7.75. The second kappa shape index (κ2) is 6.54. The number of nitrogens with zero attached hydrogens (tertiary/aromatic N) is 2. The summed E-state index contributed by atoms with van der Waals surface area (Å²) in [6, 6.07) is 8.02. The summed E-state index contributed by atoms with van der Waals surface area (Å²) >= 11 is 1.65. The zero-order valence-corrected chi connectivity index (χ0v) is 12.1. The van der Waals surface area contributed by atoms with Crippen LogP contribution in [0.1, 0.15) is 12.1 Å². The fraction of sp³-hybridized carbons (Fsp3) is 0.357. The van der Waals surface area contributed by atoms with Gasteiger partial charge >= 0.3 is 0 Å². The lowest BCUT2D eigenvalue weighted by atomic mass is 10.2. The molecule has 5 heteroatoms. The molecule has 0 bridgehead atoms. The molecular weight excluding hydrogens is 258 g/mol. The van der Waals surface area contributed by atoms with E-state index in [-0.39, 0.29) is 0 Å². The van der Waals surface area contributed by atoms with Crippen LogP contribution in [0.4, 0.5) is 10.8 Å². The molecule has 0 unspecified atom stereocenters. The minimum Gasteiger partial charge on any atom is -0.497 e. The average Bonchev–Trinajstić information content (AvgIpc) is 2.86. The van der Waals surface area contributed by atoms with Crippen LogP contribution in [0, 0.1) is 6.92 Å². The van der Waals surface area contributed by atoms with Gasteiger partial charge in [0.2, 0.25) is 0 Å². The number of thiazole rings is 1. The van der Waals surface area contributed by atoms with Crippen LogP contribution in [0.5, 0.6) is 5.75 Å². The Morgan fingerprint density at radius 3 is 2.89 bits per heavy atom.